The highest BCUT2D eigenvalue weighted by Crippen LogP contribution is 2.29. The maximum Gasteiger partial charge on any atom is 0.272 e. The maximum atomic E-state index is 12.7. The number of piperidine rings is 1. The molecule has 8 heteroatoms. The van der Waals surface area contributed by atoms with Crippen molar-refractivity contribution < 1.29 is 13.2 Å². The van der Waals surface area contributed by atoms with Crippen molar-refractivity contribution in [2.75, 3.05) is 19.3 Å². The number of fused-ring (bicyclic) bond motifs is 1. The zero-order valence-electron chi connectivity index (χ0n) is 15.7. The van der Waals surface area contributed by atoms with Crippen molar-refractivity contribution >= 4 is 21.4 Å². The molecule has 0 spiro atoms. The van der Waals surface area contributed by atoms with Gasteiger partial charge in [0.15, 0.2) is 5.69 Å². The summed E-state index contributed by atoms with van der Waals surface area (Å²) >= 11 is 0. The van der Waals surface area contributed by atoms with Crippen molar-refractivity contribution in [1.82, 2.24) is 19.0 Å². The highest BCUT2D eigenvalue weighted by molar-refractivity contribution is 7.88. The first-order valence-electron chi connectivity index (χ1n) is 8.81. The molecule has 1 saturated heterocycles. The first-order valence-corrected chi connectivity index (χ1v) is 10.7. The number of amides is 1. The predicted octanol–water partition coefficient (Wildman–Crippen LogP) is 2.00. The van der Waals surface area contributed by atoms with Crippen LogP contribution in [0.3, 0.4) is 0 Å². The van der Waals surface area contributed by atoms with E-state index in [1.54, 1.807) is 0 Å². The third-order valence-electron chi connectivity index (χ3n) is 4.50. The van der Waals surface area contributed by atoms with Gasteiger partial charge in [0.2, 0.25) is 10.0 Å². The molecule has 1 aliphatic rings. The van der Waals surface area contributed by atoms with Crippen LogP contribution in [0.1, 0.15) is 55.8 Å². The summed E-state index contributed by atoms with van der Waals surface area (Å²) in [7, 11) is -3.24. The second kappa shape index (κ2) is 6.66. The third-order valence-corrected chi connectivity index (χ3v) is 5.77. The van der Waals surface area contributed by atoms with Crippen LogP contribution in [0.5, 0.6) is 0 Å². The minimum absolute atomic E-state index is 0.0374. The Morgan fingerprint density at radius 3 is 2.69 bits per heavy atom. The Bertz CT molecular complexity index is 928. The summed E-state index contributed by atoms with van der Waals surface area (Å²) in [4.78, 5) is 17.3. The van der Waals surface area contributed by atoms with Gasteiger partial charge < -0.3 is 9.72 Å². The van der Waals surface area contributed by atoms with Crippen LogP contribution >= 0.6 is 0 Å². The molecule has 1 amide bonds. The van der Waals surface area contributed by atoms with E-state index in [0.29, 0.717) is 18.8 Å². The molecule has 1 atom stereocenters. The van der Waals surface area contributed by atoms with Crippen LogP contribution in [-0.4, -0.2) is 52.9 Å². The molecule has 3 heterocycles. The molecule has 1 N–H and O–H groups in total. The lowest BCUT2D eigenvalue weighted by atomic mass is 9.99. The average Bonchev–Trinajstić information content (AvgIpc) is 2.92. The van der Waals surface area contributed by atoms with E-state index < -0.39 is 10.0 Å². The smallest absolute Gasteiger partial charge is 0.272 e. The van der Waals surface area contributed by atoms with Crippen LogP contribution in [0.25, 0.3) is 5.52 Å². The third kappa shape index (κ3) is 3.91. The van der Waals surface area contributed by atoms with Crippen molar-refractivity contribution in [2.24, 2.45) is 0 Å². The molecular formula is C18H26N4O3S. The average molecular weight is 378 g/mol. The first-order chi connectivity index (χ1) is 12.1. The minimum atomic E-state index is -3.24. The lowest BCUT2D eigenvalue weighted by molar-refractivity contribution is 0.0916. The van der Waals surface area contributed by atoms with E-state index >= 15 is 0 Å². The maximum absolute atomic E-state index is 12.7. The van der Waals surface area contributed by atoms with Gasteiger partial charge in [-0.25, -0.2) is 17.7 Å². The number of carbonyl (C=O) groups excluding carboxylic acids is 1. The van der Waals surface area contributed by atoms with Gasteiger partial charge in [-0.2, -0.15) is 0 Å². The second-order valence-electron chi connectivity index (χ2n) is 7.94. The highest BCUT2D eigenvalue weighted by Gasteiger charge is 2.31. The highest BCUT2D eigenvalue weighted by atomic mass is 32.2. The molecule has 1 unspecified atom stereocenters. The number of sulfonamides is 1. The van der Waals surface area contributed by atoms with Crippen LogP contribution < -0.4 is 5.32 Å². The lowest BCUT2D eigenvalue weighted by Gasteiger charge is -2.30. The fourth-order valence-electron chi connectivity index (χ4n) is 3.37. The lowest BCUT2D eigenvalue weighted by Crippen LogP contribution is -2.41. The van der Waals surface area contributed by atoms with Gasteiger partial charge in [-0.15, -0.1) is 0 Å². The molecule has 0 bridgehead atoms. The number of rotatable bonds is 3. The SMILES string of the molecule is CC(C)(C)NC(=O)c1nc(C2CCCN(S(C)(=O)=O)C2)n2ccccc12. The van der Waals surface area contributed by atoms with E-state index in [1.807, 2.05) is 49.6 Å². The molecule has 7 nitrogen and oxygen atoms in total. The van der Waals surface area contributed by atoms with Gasteiger partial charge in [0.05, 0.1) is 11.8 Å². The number of pyridine rings is 1. The van der Waals surface area contributed by atoms with E-state index in [0.717, 1.165) is 24.2 Å². The Morgan fingerprint density at radius 1 is 1.31 bits per heavy atom. The van der Waals surface area contributed by atoms with E-state index in [4.69, 9.17) is 0 Å². The van der Waals surface area contributed by atoms with E-state index in [1.165, 1.54) is 10.6 Å². The number of hydrogen-bond donors (Lipinski definition) is 1. The van der Waals surface area contributed by atoms with Crippen LogP contribution in [0.2, 0.25) is 0 Å². The minimum Gasteiger partial charge on any atom is -0.346 e. The van der Waals surface area contributed by atoms with Crippen LogP contribution in [0.4, 0.5) is 0 Å². The van der Waals surface area contributed by atoms with Gasteiger partial charge in [0, 0.05) is 30.7 Å². The number of nitrogens with one attached hydrogen (secondary N) is 1. The molecule has 1 fully saturated rings. The molecule has 0 aromatic carbocycles. The van der Waals surface area contributed by atoms with Crippen LogP contribution in [0.15, 0.2) is 24.4 Å². The molecular weight excluding hydrogens is 352 g/mol. The van der Waals surface area contributed by atoms with Crippen molar-refractivity contribution in [1.29, 1.82) is 0 Å². The molecule has 1 aliphatic heterocycles. The molecule has 26 heavy (non-hydrogen) atoms. The van der Waals surface area contributed by atoms with E-state index in [-0.39, 0.29) is 17.4 Å². The Kier molecular flexibility index (Phi) is 4.83. The quantitative estimate of drug-likeness (QED) is 0.885. The largest absolute Gasteiger partial charge is 0.346 e. The van der Waals surface area contributed by atoms with Crippen molar-refractivity contribution in [2.45, 2.75) is 45.1 Å². The Balaban J connectivity index is 2.01. The van der Waals surface area contributed by atoms with Gasteiger partial charge >= 0.3 is 0 Å². The fraction of sp³-hybridized carbons (Fsp3) is 0.556. The summed E-state index contributed by atoms with van der Waals surface area (Å²) in [6.07, 6.45) is 4.75. The summed E-state index contributed by atoms with van der Waals surface area (Å²) in [5, 5.41) is 2.96. The number of hydrogen-bond acceptors (Lipinski definition) is 4. The summed E-state index contributed by atoms with van der Waals surface area (Å²) in [6.45, 7) is 6.71. The molecule has 2 aromatic heterocycles. The molecule has 0 aliphatic carbocycles. The summed E-state index contributed by atoms with van der Waals surface area (Å²) in [6, 6.07) is 5.63. The van der Waals surface area contributed by atoms with Crippen molar-refractivity contribution in [3.05, 3.63) is 35.9 Å². The zero-order valence-corrected chi connectivity index (χ0v) is 16.5. The van der Waals surface area contributed by atoms with Crippen LogP contribution in [-0.2, 0) is 10.0 Å². The Labute approximate surface area is 154 Å². The molecule has 142 valence electrons. The van der Waals surface area contributed by atoms with E-state index in [2.05, 4.69) is 10.3 Å². The Hall–Kier alpha value is -1.93. The van der Waals surface area contributed by atoms with Gasteiger partial charge in [-0.05, 0) is 45.7 Å². The molecule has 0 saturated carbocycles. The van der Waals surface area contributed by atoms with Crippen LogP contribution in [0, 0.1) is 0 Å². The van der Waals surface area contributed by atoms with Gasteiger partial charge in [0.1, 0.15) is 5.82 Å². The number of carbonyl (C=O) groups is 1. The van der Waals surface area contributed by atoms with E-state index in [9.17, 15) is 13.2 Å². The van der Waals surface area contributed by atoms with Gasteiger partial charge in [0.25, 0.3) is 5.91 Å². The second-order valence-corrected chi connectivity index (χ2v) is 9.92. The molecule has 0 radical (unpaired) electrons. The summed E-state index contributed by atoms with van der Waals surface area (Å²) < 4.78 is 27.3. The van der Waals surface area contributed by atoms with Gasteiger partial charge in [-0.3, -0.25) is 4.79 Å². The normalized spacial score (nSPS) is 19.6. The van der Waals surface area contributed by atoms with Crippen molar-refractivity contribution in [3.63, 3.8) is 0 Å². The summed E-state index contributed by atoms with van der Waals surface area (Å²) in [5.41, 5.74) is 0.757. The number of aromatic nitrogens is 2. The first kappa shape index (κ1) is 18.8. The number of imidazole rings is 1. The standard InChI is InChI=1S/C18H26N4O3S/c1-18(2,3)20-17(23)15-14-9-5-6-11-22(14)16(19-15)13-8-7-10-21(12-13)26(4,24)25/h5-6,9,11,13H,7-8,10,12H2,1-4H3,(H,20,23). The fourth-order valence-corrected chi connectivity index (χ4v) is 4.28. The molecule has 3 rings (SSSR count). The zero-order chi connectivity index (χ0) is 19.1. The van der Waals surface area contributed by atoms with Crippen molar-refractivity contribution in [3.8, 4) is 0 Å². The number of nitrogens with zero attached hydrogens (tertiary/aromatic N) is 3. The molecule has 2 aromatic rings. The van der Waals surface area contributed by atoms with Gasteiger partial charge in [-0.1, -0.05) is 6.07 Å². The monoisotopic (exact) mass is 378 g/mol. The Morgan fingerprint density at radius 2 is 2.04 bits per heavy atom. The summed E-state index contributed by atoms with van der Waals surface area (Å²) in [5.74, 6) is 0.487. The predicted molar refractivity (Wildman–Crippen MR) is 101 cm³/mol. The topological polar surface area (TPSA) is 83.8 Å².